The Kier molecular flexibility index (Phi) is 2.49. The highest BCUT2D eigenvalue weighted by molar-refractivity contribution is 8.15. The maximum Gasteiger partial charge on any atom is 0.233 e. The molecule has 1 amide bonds. The van der Waals surface area contributed by atoms with Crippen molar-refractivity contribution in [2.24, 2.45) is 5.41 Å². The number of ether oxygens (including phenoxy) is 1. The van der Waals surface area contributed by atoms with Crippen molar-refractivity contribution in [1.29, 1.82) is 1.34 Å². The molecule has 6 heteroatoms. The first-order chi connectivity index (χ1) is 7.82. The van der Waals surface area contributed by atoms with Crippen LogP contribution in [0.5, 0.6) is 0 Å². The number of hydrogen-bond donors (Lipinski definition) is 0. The average molecular weight is 244 g/mol. The van der Waals surface area contributed by atoms with Crippen LogP contribution in [-0.2, 0) is 13.7 Å². The second kappa shape index (κ2) is 3.65. The number of hydrogen-bond acceptors (Lipinski definition) is 4. The molecule has 0 aromatic carbocycles. The largest absolute Gasteiger partial charge is 0.354 e. The first-order valence-corrected chi connectivity index (χ1v) is 6.13. The Balaban J connectivity index is 2.26. The minimum Gasteiger partial charge on any atom is -0.354 e. The van der Waals surface area contributed by atoms with E-state index in [1.165, 1.54) is 0 Å². The van der Waals surface area contributed by atoms with Gasteiger partial charge in [-0.25, -0.2) is 0 Å². The third-order valence-electron chi connectivity index (χ3n) is 3.51. The monoisotopic (exact) mass is 244 g/mol. The van der Waals surface area contributed by atoms with E-state index in [2.05, 4.69) is 0 Å². The van der Waals surface area contributed by atoms with E-state index in [4.69, 9.17) is 10.3 Å². The summed E-state index contributed by atoms with van der Waals surface area (Å²) in [4.78, 5) is 14.2. The van der Waals surface area contributed by atoms with E-state index in [0.717, 1.165) is 19.0 Å². The molecule has 0 aromatic heterocycles. The zero-order valence-corrected chi connectivity index (χ0v) is 10.8. The molecular formula is C10H17BNO3S. The summed E-state index contributed by atoms with van der Waals surface area (Å²) in [6, 6.07) is -0.0556. The lowest BCUT2D eigenvalue weighted by molar-refractivity contribution is -0.149. The number of amides is 1. The molecule has 0 unspecified atom stereocenters. The Morgan fingerprint density at radius 3 is 2.94 bits per heavy atom. The average Bonchev–Trinajstić information content (AvgIpc) is 2.62. The number of fused-ring (bicyclic) bond motifs is 1. The van der Waals surface area contributed by atoms with Crippen molar-refractivity contribution >= 4 is 24.9 Å². The van der Waals surface area contributed by atoms with Gasteiger partial charge >= 0.3 is 0 Å². The molecule has 2 saturated heterocycles. The van der Waals surface area contributed by atoms with Crippen LogP contribution in [0.4, 0.5) is 0 Å². The predicted octanol–water partition coefficient (Wildman–Crippen LogP) is 0.839. The lowest BCUT2D eigenvalue weighted by Crippen LogP contribution is -2.45. The third kappa shape index (κ3) is 1.50. The highest BCUT2D eigenvalue weighted by Gasteiger charge is 2.61. The van der Waals surface area contributed by atoms with Gasteiger partial charge in [0.25, 0.3) is 0 Å². The molecule has 2 rings (SSSR count). The molecule has 16 heavy (non-hydrogen) atoms. The van der Waals surface area contributed by atoms with Crippen molar-refractivity contribution in [3.05, 3.63) is 0 Å². The smallest absolute Gasteiger partial charge is 0.233 e. The Hall–Kier alpha value is -0.195. The topological polar surface area (TPSA) is 38.8 Å². The molecule has 2 atom stereocenters. The van der Waals surface area contributed by atoms with Crippen LogP contribution in [0.3, 0.4) is 0 Å². The van der Waals surface area contributed by atoms with Gasteiger partial charge in [0.15, 0.2) is 0 Å². The first kappa shape index (κ1) is 10.9. The molecule has 4 nitrogen and oxygen atoms in total. The fraction of sp³-hybridized carbons (Fsp3) is 0.900. The number of nitrogens with zero attached hydrogens (tertiary/aromatic N) is 1. The van der Waals surface area contributed by atoms with E-state index in [0.29, 0.717) is 6.61 Å². The van der Waals surface area contributed by atoms with Gasteiger partial charge in [0.05, 0.1) is 18.1 Å². The molecule has 2 aliphatic heterocycles. The predicted molar refractivity (Wildman–Crippen MR) is 64.1 cm³/mol. The SMILES string of the molecule is [3H][B]SO[C@H]1[C@@H]2COC(C)(C)N2C(=O)C1(C)C. The Morgan fingerprint density at radius 1 is 1.62 bits per heavy atom. The maximum atomic E-state index is 12.4. The fourth-order valence-corrected chi connectivity index (χ4v) is 3.10. The van der Waals surface area contributed by atoms with Crippen molar-refractivity contribution in [3.63, 3.8) is 0 Å². The highest BCUT2D eigenvalue weighted by atomic mass is 32.2. The van der Waals surface area contributed by atoms with E-state index < -0.39 is 11.1 Å². The standard InChI is InChI=1S/C10H17BNO3S/c1-9(2)7(15-16-11)6-5-14-10(3,4)12(6)8(9)13/h6-7,11H,5H2,1-4H3/t6-,7-/m0/s1/i11T. The van der Waals surface area contributed by atoms with Crippen LogP contribution in [0.15, 0.2) is 0 Å². The van der Waals surface area contributed by atoms with Gasteiger partial charge in [0, 0.05) is 0 Å². The van der Waals surface area contributed by atoms with E-state index in [-0.39, 0.29) is 18.1 Å². The molecule has 1 radical (unpaired) electrons. The van der Waals surface area contributed by atoms with Gasteiger partial charge < -0.3 is 13.8 Å². The minimum atomic E-state index is -0.568. The minimum absolute atomic E-state index is 0.0556. The Bertz CT molecular complexity index is 340. The highest BCUT2D eigenvalue weighted by Crippen LogP contribution is 2.46. The second-order valence-electron chi connectivity index (χ2n) is 5.33. The van der Waals surface area contributed by atoms with Crippen LogP contribution < -0.4 is 0 Å². The molecule has 89 valence electrons. The van der Waals surface area contributed by atoms with Crippen LogP contribution in [-0.4, -0.2) is 43.7 Å². The Labute approximate surface area is 103 Å². The van der Waals surface area contributed by atoms with Crippen LogP contribution in [0.25, 0.3) is 0 Å². The quantitative estimate of drug-likeness (QED) is 0.544. The number of rotatable bonds is 3. The molecule has 0 saturated carbocycles. The molecule has 0 bridgehead atoms. The van der Waals surface area contributed by atoms with Crippen molar-refractivity contribution < 1.29 is 13.7 Å². The summed E-state index contributed by atoms with van der Waals surface area (Å²) in [7, 11) is 1.13. The lowest BCUT2D eigenvalue weighted by atomic mass is 9.87. The molecule has 2 aliphatic rings. The van der Waals surface area contributed by atoms with Crippen molar-refractivity contribution in [3.8, 4) is 0 Å². The number of carbonyl (C=O) groups is 1. The molecule has 2 fully saturated rings. The summed E-state index contributed by atoms with van der Waals surface area (Å²) < 4.78 is 18.2. The summed E-state index contributed by atoms with van der Waals surface area (Å²) in [5.41, 5.74) is -1.13. The third-order valence-corrected chi connectivity index (χ3v) is 3.83. The summed E-state index contributed by atoms with van der Waals surface area (Å²) >= 11 is 0.966. The van der Waals surface area contributed by atoms with Gasteiger partial charge in [-0.15, -0.1) is 0 Å². The van der Waals surface area contributed by atoms with E-state index in [1.807, 2.05) is 27.7 Å². The lowest BCUT2D eigenvalue weighted by Gasteiger charge is -2.30. The van der Waals surface area contributed by atoms with Crippen LogP contribution >= 0.6 is 11.9 Å². The fourth-order valence-electron chi connectivity index (χ4n) is 2.61. The summed E-state index contributed by atoms with van der Waals surface area (Å²) in [5, 5.41) is 0. The van der Waals surface area contributed by atoms with Gasteiger partial charge in [-0.1, -0.05) is 11.9 Å². The van der Waals surface area contributed by atoms with Gasteiger partial charge in [-0.3, -0.25) is 4.79 Å². The molecule has 0 aromatic rings. The maximum absolute atomic E-state index is 12.4. The van der Waals surface area contributed by atoms with Crippen molar-refractivity contribution in [1.82, 2.24) is 4.90 Å². The van der Waals surface area contributed by atoms with Gasteiger partial charge in [-0.05, 0) is 29.0 Å². The van der Waals surface area contributed by atoms with Crippen LogP contribution in [0.1, 0.15) is 27.7 Å². The number of carbonyl (C=O) groups excluding carboxylic acids is 1. The molecule has 2 heterocycles. The van der Waals surface area contributed by atoms with Crippen molar-refractivity contribution in [2.75, 3.05) is 6.61 Å². The summed E-state index contributed by atoms with van der Waals surface area (Å²) in [5.74, 6) is 0.0561. The molecule has 0 N–H and O–H groups in total. The second-order valence-corrected chi connectivity index (χ2v) is 5.72. The molecule has 0 spiro atoms. The zero-order chi connectivity index (χ0) is 12.8. The summed E-state index contributed by atoms with van der Waals surface area (Å²) in [6.45, 7) is 8.06. The van der Waals surface area contributed by atoms with E-state index in [1.54, 1.807) is 4.90 Å². The van der Waals surface area contributed by atoms with E-state index >= 15 is 0 Å². The normalized spacial score (nSPS) is 36.1. The van der Waals surface area contributed by atoms with Crippen LogP contribution in [0, 0.1) is 5.41 Å². The summed E-state index contributed by atoms with van der Waals surface area (Å²) in [6.07, 6.45) is -0.247. The molecule has 0 aliphatic carbocycles. The van der Waals surface area contributed by atoms with Crippen LogP contribution in [0.2, 0.25) is 0 Å². The van der Waals surface area contributed by atoms with E-state index in [9.17, 15) is 4.79 Å². The van der Waals surface area contributed by atoms with Gasteiger partial charge in [0.1, 0.15) is 11.8 Å². The zero-order valence-electron chi connectivity index (χ0n) is 11.0. The van der Waals surface area contributed by atoms with Crippen molar-refractivity contribution in [2.45, 2.75) is 45.6 Å². The first-order valence-electron chi connectivity index (χ1n) is 5.90. The van der Waals surface area contributed by atoms with Gasteiger partial charge in [0.2, 0.25) is 13.0 Å². The Morgan fingerprint density at radius 2 is 2.31 bits per heavy atom. The van der Waals surface area contributed by atoms with Gasteiger partial charge in [-0.2, -0.15) is 0 Å². The molecular weight excluding hydrogens is 225 g/mol.